The van der Waals surface area contributed by atoms with E-state index in [1.165, 1.54) is 0 Å². The highest BCUT2D eigenvalue weighted by molar-refractivity contribution is 9.40. The fourth-order valence-electron chi connectivity index (χ4n) is 1.25. The first kappa shape index (κ1) is 10.2. The summed E-state index contributed by atoms with van der Waals surface area (Å²) >= 11 is 10.5. The second-order valence-corrected chi connectivity index (χ2v) is 10.1. The number of halogens is 3. The van der Waals surface area contributed by atoms with Gasteiger partial charge in [-0.1, -0.05) is 61.6 Å². The minimum atomic E-state index is -0.299. The summed E-state index contributed by atoms with van der Waals surface area (Å²) in [6.07, 6.45) is 1.13. The minimum absolute atomic E-state index is 0.205. The maximum Gasteiger partial charge on any atom is 0.172 e. The number of alkyl halides is 3. The average Bonchev–Trinajstić information content (AvgIpc) is 2.06. The van der Waals surface area contributed by atoms with Gasteiger partial charge in [0.1, 0.15) is 0 Å². The van der Waals surface area contributed by atoms with Crippen molar-refractivity contribution in [3.63, 3.8) is 0 Å². The van der Waals surface area contributed by atoms with Crippen molar-refractivity contribution >= 4 is 53.5 Å². The van der Waals surface area contributed by atoms with Crippen molar-refractivity contribution in [3.05, 3.63) is 0 Å². The van der Waals surface area contributed by atoms with Gasteiger partial charge in [-0.2, -0.15) is 0 Å². The van der Waals surface area contributed by atoms with Crippen molar-refractivity contribution in [2.45, 2.75) is 22.4 Å². The zero-order chi connectivity index (χ0) is 8.70. The molecule has 0 aromatic rings. The molecular formula is C7H10Br3N. The van der Waals surface area contributed by atoms with Crippen LogP contribution in [0.4, 0.5) is 0 Å². The normalized spacial score (nSPS) is 23.5. The summed E-state index contributed by atoms with van der Waals surface area (Å²) in [5, 5.41) is 0. The smallest absolute Gasteiger partial charge is 0.172 e. The summed E-state index contributed by atoms with van der Waals surface area (Å²) in [6.45, 7) is 5.35. The first-order valence-electron chi connectivity index (χ1n) is 3.46. The second-order valence-electron chi connectivity index (χ2n) is 3.36. The molecule has 0 aliphatic carbocycles. The number of hydrogen-bond donors (Lipinski definition) is 0. The predicted octanol–water partition coefficient (Wildman–Crippen LogP) is 3.70. The molecule has 4 heteroatoms. The molecular weight excluding hydrogens is 338 g/mol. The fourth-order valence-corrected chi connectivity index (χ4v) is 3.24. The zero-order valence-electron chi connectivity index (χ0n) is 6.50. The Hall–Kier alpha value is 1.11. The van der Waals surface area contributed by atoms with Crippen LogP contribution in [0.5, 0.6) is 0 Å². The molecule has 0 unspecified atom stereocenters. The highest BCUT2D eigenvalue weighted by Crippen LogP contribution is 2.45. The molecule has 11 heavy (non-hydrogen) atoms. The first-order chi connectivity index (χ1) is 4.84. The van der Waals surface area contributed by atoms with Crippen LogP contribution in [0.25, 0.3) is 0 Å². The maximum atomic E-state index is 4.44. The van der Waals surface area contributed by atoms with Crippen molar-refractivity contribution in [1.82, 2.24) is 0 Å². The topological polar surface area (TPSA) is 12.4 Å². The Kier molecular flexibility index (Phi) is 2.88. The largest absolute Gasteiger partial charge is 0.290 e. The lowest BCUT2D eigenvalue weighted by Gasteiger charge is -2.25. The van der Waals surface area contributed by atoms with E-state index < -0.39 is 0 Å². The van der Waals surface area contributed by atoms with Gasteiger partial charge in [-0.3, -0.25) is 4.99 Å². The van der Waals surface area contributed by atoms with Crippen molar-refractivity contribution in [2.24, 2.45) is 10.4 Å². The monoisotopic (exact) mass is 345 g/mol. The Balaban J connectivity index is 2.89. The highest BCUT2D eigenvalue weighted by atomic mass is 80.0. The lowest BCUT2D eigenvalue weighted by molar-refractivity contribution is 0.516. The van der Waals surface area contributed by atoms with Crippen LogP contribution in [0.3, 0.4) is 0 Å². The SMILES string of the molecule is CC1(C)CCN=C1C(Br)(Br)Br. The summed E-state index contributed by atoms with van der Waals surface area (Å²) in [5.74, 6) is 0. The first-order valence-corrected chi connectivity index (χ1v) is 5.84. The number of aliphatic imine (C=N–C) groups is 1. The molecule has 0 bridgehead atoms. The molecule has 0 fully saturated rings. The van der Waals surface area contributed by atoms with E-state index in [9.17, 15) is 0 Å². The summed E-state index contributed by atoms with van der Waals surface area (Å²) in [4.78, 5) is 4.44. The minimum Gasteiger partial charge on any atom is -0.290 e. The van der Waals surface area contributed by atoms with Crippen molar-refractivity contribution in [3.8, 4) is 0 Å². The number of nitrogens with zero attached hydrogens (tertiary/aromatic N) is 1. The lowest BCUT2D eigenvalue weighted by atomic mass is 9.87. The van der Waals surface area contributed by atoms with Crippen LogP contribution in [0.1, 0.15) is 20.3 Å². The van der Waals surface area contributed by atoms with Crippen LogP contribution in [0, 0.1) is 5.41 Å². The van der Waals surface area contributed by atoms with Crippen molar-refractivity contribution in [1.29, 1.82) is 0 Å². The van der Waals surface area contributed by atoms with Gasteiger partial charge in [0.05, 0.1) is 5.71 Å². The number of rotatable bonds is 0. The Morgan fingerprint density at radius 2 is 1.91 bits per heavy atom. The third-order valence-electron chi connectivity index (χ3n) is 1.92. The van der Waals surface area contributed by atoms with E-state index in [1.807, 2.05) is 0 Å². The standard InChI is InChI=1S/C7H10Br3N/c1-6(2)3-4-11-5(6)7(8,9)10/h3-4H2,1-2H3. The van der Waals surface area contributed by atoms with Crippen LogP contribution in [0.2, 0.25) is 0 Å². The molecule has 1 aliphatic heterocycles. The Labute approximate surface area is 92.4 Å². The van der Waals surface area contributed by atoms with Crippen molar-refractivity contribution < 1.29 is 0 Å². The molecule has 1 nitrogen and oxygen atoms in total. The predicted molar refractivity (Wildman–Crippen MR) is 60.2 cm³/mol. The van der Waals surface area contributed by atoms with Crippen LogP contribution in [0.15, 0.2) is 4.99 Å². The number of hydrogen-bond acceptors (Lipinski definition) is 1. The molecule has 1 heterocycles. The Bertz CT molecular complexity index is 190. The molecule has 1 rings (SSSR count). The summed E-state index contributed by atoms with van der Waals surface area (Å²) in [5.41, 5.74) is 1.35. The van der Waals surface area contributed by atoms with Crippen LogP contribution < -0.4 is 0 Å². The quantitative estimate of drug-likeness (QED) is 0.592. The molecule has 0 saturated heterocycles. The van der Waals surface area contributed by atoms with Crippen LogP contribution >= 0.6 is 47.8 Å². The highest BCUT2D eigenvalue weighted by Gasteiger charge is 2.40. The molecule has 0 aromatic heterocycles. The molecule has 0 aromatic carbocycles. The van der Waals surface area contributed by atoms with E-state index in [-0.39, 0.29) is 7.56 Å². The van der Waals surface area contributed by atoms with Gasteiger partial charge in [-0.05, 0) is 6.42 Å². The van der Waals surface area contributed by atoms with E-state index in [0.717, 1.165) is 18.7 Å². The van der Waals surface area contributed by atoms with Gasteiger partial charge >= 0.3 is 0 Å². The van der Waals surface area contributed by atoms with Crippen LogP contribution in [-0.4, -0.2) is 14.4 Å². The van der Waals surface area contributed by atoms with Gasteiger partial charge in [-0.15, -0.1) is 0 Å². The van der Waals surface area contributed by atoms with E-state index in [2.05, 4.69) is 66.6 Å². The summed E-state index contributed by atoms with van der Waals surface area (Å²) in [6, 6.07) is 0. The van der Waals surface area contributed by atoms with Gasteiger partial charge in [0, 0.05) is 12.0 Å². The molecule has 0 N–H and O–H groups in total. The Morgan fingerprint density at radius 3 is 2.09 bits per heavy atom. The zero-order valence-corrected chi connectivity index (χ0v) is 11.3. The van der Waals surface area contributed by atoms with Gasteiger partial charge in [0.25, 0.3) is 0 Å². The van der Waals surface area contributed by atoms with Gasteiger partial charge in [-0.25, -0.2) is 0 Å². The maximum absolute atomic E-state index is 4.44. The lowest BCUT2D eigenvalue weighted by Crippen LogP contribution is -2.30. The fraction of sp³-hybridized carbons (Fsp3) is 0.857. The molecule has 0 radical (unpaired) electrons. The molecule has 1 aliphatic rings. The van der Waals surface area contributed by atoms with Gasteiger partial charge < -0.3 is 0 Å². The van der Waals surface area contributed by atoms with Crippen LogP contribution in [-0.2, 0) is 0 Å². The third kappa shape index (κ3) is 2.28. The molecule has 0 atom stereocenters. The molecule has 0 spiro atoms. The van der Waals surface area contributed by atoms with Gasteiger partial charge in [0.15, 0.2) is 2.14 Å². The van der Waals surface area contributed by atoms with E-state index in [4.69, 9.17) is 0 Å². The van der Waals surface area contributed by atoms with E-state index >= 15 is 0 Å². The molecule has 0 saturated carbocycles. The molecule has 64 valence electrons. The molecule has 0 amide bonds. The summed E-state index contributed by atoms with van der Waals surface area (Å²) in [7, 11) is 0. The van der Waals surface area contributed by atoms with Crippen molar-refractivity contribution in [2.75, 3.05) is 6.54 Å². The third-order valence-corrected chi connectivity index (χ3v) is 3.04. The average molecular weight is 348 g/mol. The van der Waals surface area contributed by atoms with E-state index in [0.29, 0.717) is 0 Å². The summed E-state index contributed by atoms with van der Waals surface area (Å²) < 4.78 is -0.299. The van der Waals surface area contributed by atoms with Gasteiger partial charge in [0.2, 0.25) is 0 Å². The second kappa shape index (κ2) is 3.11. The Morgan fingerprint density at radius 1 is 1.36 bits per heavy atom. The van der Waals surface area contributed by atoms with E-state index in [1.54, 1.807) is 0 Å².